The number of carbonyl (C=O) groups is 1. The number of aldehydes is 1. The van der Waals surface area contributed by atoms with Crippen molar-refractivity contribution in [3.8, 4) is 0 Å². The number of carbonyl (C=O) groups excluding carboxylic acids is 1. The van der Waals surface area contributed by atoms with Gasteiger partial charge in [0.05, 0.1) is 6.54 Å². The Hall–Kier alpha value is -0.610. The van der Waals surface area contributed by atoms with Crippen molar-refractivity contribution in [3.05, 3.63) is 22.6 Å². The highest BCUT2D eigenvalue weighted by atomic mass is 79.9. The molecule has 0 aromatic carbocycles. The number of furan rings is 1. The minimum Gasteiger partial charge on any atom is -0.453 e. The largest absolute Gasteiger partial charge is 0.453 e. The Bertz CT molecular complexity index is 329. The number of piperidine rings is 1. The van der Waals surface area contributed by atoms with Crippen molar-refractivity contribution >= 4 is 22.2 Å². The standard InChI is InChI=1S/C11H14BrNO2/c12-11-2-1-10(15-11)7-13-5-3-9(8-14)4-6-13/h1-2,8-9H,3-7H2. The van der Waals surface area contributed by atoms with Crippen LogP contribution in [0.2, 0.25) is 0 Å². The number of rotatable bonds is 3. The fourth-order valence-electron chi connectivity index (χ4n) is 1.90. The van der Waals surface area contributed by atoms with E-state index in [-0.39, 0.29) is 5.92 Å². The first-order valence-corrected chi connectivity index (χ1v) is 5.99. The second-order valence-electron chi connectivity index (χ2n) is 3.96. The molecule has 0 spiro atoms. The maximum absolute atomic E-state index is 10.6. The molecule has 4 heteroatoms. The number of hydrogen-bond donors (Lipinski definition) is 0. The van der Waals surface area contributed by atoms with Crippen LogP contribution in [0.1, 0.15) is 18.6 Å². The molecule has 0 atom stereocenters. The zero-order chi connectivity index (χ0) is 10.7. The molecule has 1 aromatic heterocycles. The van der Waals surface area contributed by atoms with Crippen LogP contribution in [0.3, 0.4) is 0 Å². The van der Waals surface area contributed by atoms with E-state index in [2.05, 4.69) is 20.8 Å². The van der Waals surface area contributed by atoms with Gasteiger partial charge in [-0.1, -0.05) is 0 Å². The molecular weight excluding hydrogens is 258 g/mol. The molecule has 1 fully saturated rings. The highest BCUT2D eigenvalue weighted by Gasteiger charge is 2.19. The lowest BCUT2D eigenvalue weighted by Gasteiger charge is -2.28. The van der Waals surface area contributed by atoms with Crippen molar-refractivity contribution in [2.24, 2.45) is 5.92 Å². The zero-order valence-electron chi connectivity index (χ0n) is 8.49. The Morgan fingerprint density at radius 2 is 2.20 bits per heavy atom. The topological polar surface area (TPSA) is 33.5 Å². The third kappa shape index (κ3) is 2.92. The highest BCUT2D eigenvalue weighted by molar-refractivity contribution is 9.10. The first kappa shape index (κ1) is 10.9. The van der Waals surface area contributed by atoms with Crippen LogP contribution in [0.4, 0.5) is 0 Å². The quantitative estimate of drug-likeness (QED) is 0.792. The Morgan fingerprint density at radius 1 is 1.47 bits per heavy atom. The van der Waals surface area contributed by atoms with Crippen LogP contribution < -0.4 is 0 Å². The summed E-state index contributed by atoms with van der Waals surface area (Å²) in [6.07, 6.45) is 3.04. The number of halogens is 1. The third-order valence-corrected chi connectivity index (χ3v) is 3.26. The average molecular weight is 272 g/mol. The summed E-state index contributed by atoms with van der Waals surface area (Å²) < 4.78 is 6.22. The summed E-state index contributed by atoms with van der Waals surface area (Å²) in [5.74, 6) is 1.25. The molecule has 1 aromatic rings. The van der Waals surface area contributed by atoms with Crippen LogP contribution in [0, 0.1) is 5.92 Å². The van der Waals surface area contributed by atoms with E-state index in [4.69, 9.17) is 4.42 Å². The molecule has 1 saturated heterocycles. The fraction of sp³-hybridized carbons (Fsp3) is 0.545. The molecule has 2 rings (SSSR count). The Balaban J connectivity index is 1.84. The van der Waals surface area contributed by atoms with E-state index in [1.807, 2.05) is 12.1 Å². The summed E-state index contributed by atoms with van der Waals surface area (Å²) in [5, 5.41) is 0. The molecule has 15 heavy (non-hydrogen) atoms. The van der Waals surface area contributed by atoms with Gasteiger partial charge in [0.2, 0.25) is 0 Å². The van der Waals surface area contributed by atoms with Crippen molar-refractivity contribution in [1.82, 2.24) is 4.90 Å². The molecule has 3 nitrogen and oxygen atoms in total. The van der Waals surface area contributed by atoms with Crippen LogP contribution in [-0.2, 0) is 11.3 Å². The van der Waals surface area contributed by atoms with E-state index >= 15 is 0 Å². The van der Waals surface area contributed by atoms with E-state index in [1.165, 1.54) is 0 Å². The van der Waals surface area contributed by atoms with Gasteiger partial charge in [0, 0.05) is 5.92 Å². The van der Waals surface area contributed by atoms with Crippen molar-refractivity contribution < 1.29 is 9.21 Å². The van der Waals surface area contributed by atoms with Crippen molar-refractivity contribution in [2.45, 2.75) is 19.4 Å². The van der Waals surface area contributed by atoms with Crippen LogP contribution in [0.15, 0.2) is 21.2 Å². The highest BCUT2D eigenvalue weighted by Crippen LogP contribution is 2.19. The monoisotopic (exact) mass is 271 g/mol. The Morgan fingerprint density at radius 3 is 2.73 bits per heavy atom. The van der Waals surface area contributed by atoms with E-state index in [9.17, 15) is 4.79 Å². The summed E-state index contributed by atoms with van der Waals surface area (Å²) in [6.45, 7) is 2.82. The number of hydrogen-bond acceptors (Lipinski definition) is 3. The van der Waals surface area contributed by atoms with Gasteiger partial charge in [-0.15, -0.1) is 0 Å². The molecule has 0 bridgehead atoms. The number of likely N-dealkylation sites (tertiary alicyclic amines) is 1. The minimum absolute atomic E-state index is 0.268. The molecule has 0 amide bonds. The predicted octanol–water partition coefficient (Wildman–Crippen LogP) is 2.45. The van der Waals surface area contributed by atoms with Gasteiger partial charge in [0.25, 0.3) is 0 Å². The zero-order valence-corrected chi connectivity index (χ0v) is 10.1. The first-order valence-electron chi connectivity index (χ1n) is 5.20. The van der Waals surface area contributed by atoms with Crippen LogP contribution in [0.25, 0.3) is 0 Å². The average Bonchev–Trinajstić information content (AvgIpc) is 2.65. The molecule has 0 saturated carbocycles. The van der Waals surface area contributed by atoms with Crippen molar-refractivity contribution in [3.63, 3.8) is 0 Å². The molecule has 82 valence electrons. The molecule has 0 aliphatic carbocycles. The van der Waals surface area contributed by atoms with Gasteiger partial charge in [-0.2, -0.15) is 0 Å². The van der Waals surface area contributed by atoms with Crippen LogP contribution in [0.5, 0.6) is 0 Å². The maximum Gasteiger partial charge on any atom is 0.169 e. The van der Waals surface area contributed by atoms with Gasteiger partial charge in [0.15, 0.2) is 4.67 Å². The molecule has 0 radical (unpaired) electrons. The van der Waals surface area contributed by atoms with Gasteiger partial charge < -0.3 is 9.21 Å². The van der Waals surface area contributed by atoms with Crippen molar-refractivity contribution in [1.29, 1.82) is 0 Å². The summed E-state index contributed by atoms with van der Waals surface area (Å²) in [7, 11) is 0. The van der Waals surface area contributed by atoms with Crippen molar-refractivity contribution in [2.75, 3.05) is 13.1 Å². The van der Waals surface area contributed by atoms with E-state index in [0.29, 0.717) is 0 Å². The lowest BCUT2D eigenvalue weighted by Crippen LogP contribution is -2.33. The summed E-state index contributed by atoms with van der Waals surface area (Å²) in [4.78, 5) is 12.9. The van der Waals surface area contributed by atoms with Gasteiger partial charge in [-0.25, -0.2) is 0 Å². The lowest BCUT2D eigenvalue weighted by molar-refractivity contribution is -0.112. The molecule has 0 N–H and O–H groups in total. The second-order valence-corrected chi connectivity index (χ2v) is 4.74. The van der Waals surface area contributed by atoms with Crippen LogP contribution >= 0.6 is 15.9 Å². The fourth-order valence-corrected chi connectivity index (χ4v) is 2.24. The molecular formula is C11H14BrNO2. The van der Waals surface area contributed by atoms with Gasteiger partial charge in [-0.05, 0) is 54.0 Å². The lowest BCUT2D eigenvalue weighted by atomic mass is 9.99. The Labute approximate surface area is 97.6 Å². The first-order chi connectivity index (χ1) is 7.28. The summed E-state index contributed by atoms with van der Waals surface area (Å²) in [5.41, 5.74) is 0. The SMILES string of the molecule is O=CC1CCN(Cc2ccc(Br)o2)CC1. The van der Waals surface area contributed by atoms with Gasteiger partial charge in [-0.3, -0.25) is 4.90 Å². The normalized spacial score (nSPS) is 19.3. The van der Waals surface area contributed by atoms with E-state index < -0.39 is 0 Å². The second kappa shape index (κ2) is 4.94. The summed E-state index contributed by atoms with van der Waals surface area (Å²) >= 11 is 3.29. The summed E-state index contributed by atoms with van der Waals surface area (Å²) in [6, 6.07) is 3.89. The smallest absolute Gasteiger partial charge is 0.169 e. The van der Waals surface area contributed by atoms with Crippen LogP contribution in [-0.4, -0.2) is 24.3 Å². The number of nitrogens with zero attached hydrogens (tertiary/aromatic N) is 1. The Kier molecular flexibility index (Phi) is 3.59. The van der Waals surface area contributed by atoms with Gasteiger partial charge in [0.1, 0.15) is 12.0 Å². The minimum atomic E-state index is 0.268. The van der Waals surface area contributed by atoms with E-state index in [1.54, 1.807) is 0 Å². The molecule has 1 aliphatic rings. The van der Waals surface area contributed by atoms with Gasteiger partial charge >= 0.3 is 0 Å². The molecule has 0 unspecified atom stereocenters. The third-order valence-electron chi connectivity index (χ3n) is 2.83. The van der Waals surface area contributed by atoms with E-state index in [0.717, 1.165) is 49.2 Å². The molecule has 2 heterocycles. The molecule has 1 aliphatic heterocycles. The maximum atomic E-state index is 10.6. The predicted molar refractivity (Wildman–Crippen MR) is 60.5 cm³/mol.